The Balaban J connectivity index is 0.000000255. The van der Waals surface area contributed by atoms with E-state index in [0.717, 1.165) is 25.7 Å². The molecule has 0 aliphatic rings. The Morgan fingerprint density at radius 1 is 0.750 bits per heavy atom. The number of halogens is 1. The lowest BCUT2D eigenvalue weighted by atomic mass is 10.0. The average molecular weight is 554 g/mol. The summed E-state index contributed by atoms with van der Waals surface area (Å²) in [6, 6.07) is 28.4. The number of carbonyl (C=O) groups is 1. The van der Waals surface area contributed by atoms with Gasteiger partial charge in [-0.05, 0) is 54.5 Å². The summed E-state index contributed by atoms with van der Waals surface area (Å²) in [5, 5.41) is 0. The zero-order valence-electron chi connectivity index (χ0n) is 22.0. The van der Waals surface area contributed by atoms with Gasteiger partial charge in [0.2, 0.25) is 0 Å². The quantitative estimate of drug-likeness (QED) is 0.0915. The number of hydrogen-bond acceptors (Lipinski definition) is 3. The van der Waals surface area contributed by atoms with Gasteiger partial charge in [-0.1, -0.05) is 135 Å². The van der Waals surface area contributed by atoms with Gasteiger partial charge in [-0.3, -0.25) is 4.89 Å². The van der Waals surface area contributed by atoms with E-state index in [1.807, 2.05) is 6.07 Å². The molecule has 2 unspecified atom stereocenters. The Bertz CT molecular complexity index is 958. The minimum absolute atomic E-state index is 0.0994. The molecule has 0 aliphatic heterocycles. The number of hydrogen-bond donors (Lipinski definition) is 0. The van der Waals surface area contributed by atoms with E-state index in [4.69, 9.17) is 9.78 Å². The van der Waals surface area contributed by atoms with Crippen molar-refractivity contribution in [2.75, 3.05) is 0 Å². The highest BCUT2D eigenvalue weighted by molar-refractivity contribution is 9.09. The molecule has 0 aliphatic carbocycles. The molecule has 0 fully saturated rings. The van der Waals surface area contributed by atoms with E-state index in [2.05, 4.69) is 91.3 Å². The third-order valence-electron chi connectivity index (χ3n) is 6.02. The Labute approximate surface area is 226 Å². The SMILES string of the molecule is CCCCC(OOC(=O)c1ccccc1)C(Br)CC.CCCCCc1ccc(-c2ccccc2)cc1. The van der Waals surface area contributed by atoms with Gasteiger partial charge in [-0.2, -0.15) is 4.89 Å². The number of rotatable bonds is 13. The fourth-order valence-electron chi connectivity index (χ4n) is 3.76. The summed E-state index contributed by atoms with van der Waals surface area (Å²) in [5.74, 6) is -0.446. The standard InChI is InChI=1S/C17H20.C15H21BrO3/c1-2-3-5-8-15-11-13-17(14-12-15)16-9-6-4-7-10-16;1-3-5-11-14(13(16)4-2)18-19-15(17)12-9-7-6-8-10-12/h4,6-7,9-14H,2-3,5,8H2,1H3;6-10,13-14H,3-5,11H2,1-2H3. The molecule has 0 spiro atoms. The summed E-state index contributed by atoms with van der Waals surface area (Å²) in [6.07, 6.45) is 9.00. The summed E-state index contributed by atoms with van der Waals surface area (Å²) >= 11 is 3.56. The van der Waals surface area contributed by atoms with Gasteiger partial charge in [0.1, 0.15) is 6.10 Å². The summed E-state index contributed by atoms with van der Waals surface area (Å²) < 4.78 is 0. The second kappa shape index (κ2) is 17.9. The van der Waals surface area contributed by atoms with Crippen molar-refractivity contribution in [3.05, 3.63) is 96.1 Å². The van der Waals surface area contributed by atoms with E-state index >= 15 is 0 Å². The Morgan fingerprint density at radius 2 is 1.33 bits per heavy atom. The van der Waals surface area contributed by atoms with E-state index in [0.29, 0.717) is 5.56 Å². The van der Waals surface area contributed by atoms with E-state index in [-0.39, 0.29) is 10.9 Å². The largest absolute Gasteiger partial charge is 0.373 e. The maximum Gasteiger partial charge on any atom is 0.373 e. The molecule has 0 aromatic heterocycles. The number of aryl methyl sites for hydroxylation is 1. The van der Waals surface area contributed by atoms with Crippen molar-refractivity contribution < 1.29 is 14.6 Å². The van der Waals surface area contributed by atoms with Gasteiger partial charge in [-0.15, -0.1) is 0 Å². The second-order valence-electron chi connectivity index (χ2n) is 8.96. The third-order valence-corrected chi connectivity index (χ3v) is 7.26. The Morgan fingerprint density at radius 3 is 1.92 bits per heavy atom. The molecule has 0 heterocycles. The van der Waals surface area contributed by atoms with Gasteiger partial charge >= 0.3 is 5.97 Å². The van der Waals surface area contributed by atoms with Gasteiger partial charge in [0, 0.05) is 4.83 Å². The molecule has 0 radical (unpaired) electrons. The highest BCUT2D eigenvalue weighted by Gasteiger charge is 2.21. The van der Waals surface area contributed by atoms with Crippen LogP contribution in [0.4, 0.5) is 0 Å². The van der Waals surface area contributed by atoms with Crippen molar-refractivity contribution in [2.24, 2.45) is 0 Å². The molecule has 194 valence electrons. The van der Waals surface area contributed by atoms with Crippen LogP contribution in [-0.2, 0) is 16.2 Å². The topological polar surface area (TPSA) is 35.5 Å². The van der Waals surface area contributed by atoms with Crippen molar-refractivity contribution in [3.8, 4) is 11.1 Å². The Kier molecular flexibility index (Phi) is 14.8. The monoisotopic (exact) mass is 552 g/mol. The van der Waals surface area contributed by atoms with E-state index in [9.17, 15) is 4.79 Å². The molecule has 4 heteroatoms. The fourth-order valence-corrected chi connectivity index (χ4v) is 4.11. The van der Waals surface area contributed by atoms with Crippen LogP contribution in [0.25, 0.3) is 11.1 Å². The first-order chi connectivity index (χ1) is 17.6. The maximum atomic E-state index is 11.8. The summed E-state index contributed by atoms with van der Waals surface area (Å²) in [4.78, 5) is 22.2. The molecular formula is C32H41BrO3. The predicted molar refractivity (Wildman–Crippen MR) is 154 cm³/mol. The van der Waals surface area contributed by atoms with Crippen molar-refractivity contribution in [1.29, 1.82) is 0 Å². The van der Waals surface area contributed by atoms with Gasteiger partial charge < -0.3 is 0 Å². The molecule has 0 saturated carbocycles. The van der Waals surface area contributed by atoms with Crippen LogP contribution in [0.3, 0.4) is 0 Å². The number of carbonyl (C=O) groups excluding carboxylic acids is 1. The van der Waals surface area contributed by atoms with Gasteiger partial charge in [0.15, 0.2) is 0 Å². The number of alkyl halides is 1. The second-order valence-corrected chi connectivity index (χ2v) is 10.1. The smallest absolute Gasteiger partial charge is 0.293 e. The zero-order valence-corrected chi connectivity index (χ0v) is 23.6. The fraction of sp³-hybridized carbons (Fsp3) is 0.406. The first kappa shape index (κ1) is 29.8. The summed E-state index contributed by atoms with van der Waals surface area (Å²) in [6.45, 7) is 6.45. The summed E-state index contributed by atoms with van der Waals surface area (Å²) in [5.41, 5.74) is 4.56. The van der Waals surface area contributed by atoms with E-state index < -0.39 is 5.97 Å². The minimum Gasteiger partial charge on any atom is -0.293 e. The lowest BCUT2D eigenvalue weighted by Gasteiger charge is -2.19. The van der Waals surface area contributed by atoms with Crippen molar-refractivity contribution in [2.45, 2.75) is 83.1 Å². The number of unbranched alkanes of at least 4 members (excludes halogenated alkanes) is 3. The molecule has 0 bridgehead atoms. The van der Waals surface area contributed by atoms with Crippen LogP contribution in [0.1, 0.15) is 81.6 Å². The molecule has 2 atom stereocenters. The maximum absolute atomic E-state index is 11.8. The molecular weight excluding hydrogens is 512 g/mol. The lowest BCUT2D eigenvalue weighted by Crippen LogP contribution is -2.25. The first-order valence-corrected chi connectivity index (χ1v) is 14.2. The summed E-state index contributed by atoms with van der Waals surface area (Å²) in [7, 11) is 0. The normalized spacial score (nSPS) is 12.2. The molecule has 3 aromatic carbocycles. The van der Waals surface area contributed by atoms with Gasteiger partial charge in [0.25, 0.3) is 0 Å². The highest BCUT2D eigenvalue weighted by atomic mass is 79.9. The molecule has 3 rings (SSSR count). The third kappa shape index (κ3) is 11.1. The van der Waals surface area contributed by atoms with Crippen molar-refractivity contribution >= 4 is 21.9 Å². The minimum atomic E-state index is -0.446. The van der Waals surface area contributed by atoms with Crippen LogP contribution in [0, 0.1) is 0 Å². The van der Waals surface area contributed by atoms with E-state index in [1.165, 1.54) is 42.4 Å². The van der Waals surface area contributed by atoms with E-state index in [1.54, 1.807) is 24.3 Å². The number of benzene rings is 3. The Hall–Kier alpha value is -2.43. The van der Waals surface area contributed by atoms with Crippen LogP contribution < -0.4 is 0 Å². The average Bonchev–Trinajstić information content (AvgIpc) is 2.94. The predicted octanol–water partition coefficient (Wildman–Crippen LogP) is 9.59. The molecule has 0 saturated heterocycles. The first-order valence-electron chi connectivity index (χ1n) is 13.3. The van der Waals surface area contributed by atoms with Crippen LogP contribution in [0.15, 0.2) is 84.9 Å². The molecule has 36 heavy (non-hydrogen) atoms. The van der Waals surface area contributed by atoms with Crippen LogP contribution in [0.5, 0.6) is 0 Å². The van der Waals surface area contributed by atoms with Crippen LogP contribution >= 0.6 is 15.9 Å². The molecule has 0 amide bonds. The lowest BCUT2D eigenvalue weighted by molar-refractivity contribution is -0.275. The highest BCUT2D eigenvalue weighted by Crippen LogP contribution is 2.21. The van der Waals surface area contributed by atoms with Gasteiger partial charge in [0.05, 0.1) is 5.56 Å². The molecule has 0 N–H and O–H groups in total. The molecule has 3 aromatic rings. The van der Waals surface area contributed by atoms with Gasteiger partial charge in [-0.25, -0.2) is 4.79 Å². The zero-order chi connectivity index (χ0) is 26.0. The van der Waals surface area contributed by atoms with Crippen LogP contribution in [-0.4, -0.2) is 16.9 Å². The van der Waals surface area contributed by atoms with Crippen molar-refractivity contribution in [3.63, 3.8) is 0 Å². The van der Waals surface area contributed by atoms with Crippen LogP contribution in [0.2, 0.25) is 0 Å². The molecule has 3 nitrogen and oxygen atoms in total. The van der Waals surface area contributed by atoms with Crippen molar-refractivity contribution in [1.82, 2.24) is 0 Å².